The second-order valence-corrected chi connectivity index (χ2v) is 33.6. The molecule has 0 saturated heterocycles. The lowest BCUT2D eigenvalue weighted by molar-refractivity contribution is -0.161. The number of rotatable bonds is 84. The third-order valence-electron chi connectivity index (χ3n) is 19.8. The molecule has 0 amide bonds. The molecular weight excluding hydrogens is 1340 g/mol. The van der Waals surface area contributed by atoms with E-state index in [1.165, 1.54) is 276 Å². The molecule has 17 nitrogen and oxygen atoms in total. The van der Waals surface area contributed by atoms with Gasteiger partial charge in [-0.3, -0.25) is 37.3 Å². The zero-order valence-electron chi connectivity index (χ0n) is 67.5. The molecule has 19 heteroatoms. The first kappa shape index (κ1) is 101. The van der Waals surface area contributed by atoms with Crippen molar-refractivity contribution >= 4 is 39.5 Å². The molecule has 0 aromatic rings. The minimum atomic E-state index is -4.96. The second kappa shape index (κ2) is 76.8. The minimum Gasteiger partial charge on any atom is -0.462 e. The Morgan fingerprint density at radius 3 is 0.660 bits per heavy atom. The zero-order chi connectivity index (χ0) is 75.5. The summed E-state index contributed by atoms with van der Waals surface area (Å²) < 4.78 is 68.8. The molecule has 0 aromatic carbocycles. The summed E-state index contributed by atoms with van der Waals surface area (Å²) in [5, 5.41) is 10.7. The van der Waals surface area contributed by atoms with E-state index in [-0.39, 0.29) is 25.7 Å². The molecule has 0 saturated carbocycles. The molecule has 0 aliphatic rings. The van der Waals surface area contributed by atoms with E-state index in [0.717, 1.165) is 95.8 Å². The van der Waals surface area contributed by atoms with E-state index in [4.69, 9.17) is 37.0 Å². The number of phosphoric ester groups is 2. The van der Waals surface area contributed by atoms with Gasteiger partial charge in [0.1, 0.15) is 19.3 Å². The van der Waals surface area contributed by atoms with Crippen molar-refractivity contribution in [1.29, 1.82) is 0 Å². The highest BCUT2D eigenvalue weighted by Crippen LogP contribution is 2.45. The Hall–Kier alpha value is -1.94. The lowest BCUT2D eigenvalue weighted by Gasteiger charge is -2.21. The Morgan fingerprint density at radius 1 is 0.262 bits per heavy atom. The molecule has 0 rings (SSSR count). The number of phosphoric acid groups is 2. The van der Waals surface area contributed by atoms with E-state index >= 15 is 0 Å². The number of aliphatic hydroxyl groups is 1. The summed E-state index contributed by atoms with van der Waals surface area (Å²) in [4.78, 5) is 73.1. The van der Waals surface area contributed by atoms with Gasteiger partial charge in [-0.05, 0) is 31.6 Å². The molecule has 0 spiro atoms. The number of aliphatic hydroxyl groups excluding tert-OH is 1. The van der Waals surface area contributed by atoms with Gasteiger partial charge < -0.3 is 33.8 Å². The van der Waals surface area contributed by atoms with Gasteiger partial charge in [-0.25, -0.2) is 9.13 Å². The fourth-order valence-electron chi connectivity index (χ4n) is 13.1. The molecule has 0 bridgehead atoms. The largest absolute Gasteiger partial charge is 0.472 e. The van der Waals surface area contributed by atoms with Crippen molar-refractivity contribution in [3.63, 3.8) is 0 Å². The Labute approximate surface area is 632 Å². The summed E-state index contributed by atoms with van der Waals surface area (Å²) in [6, 6.07) is 0. The van der Waals surface area contributed by atoms with Crippen molar-refractivity contribution in [3.05, 3.63) is 0 Å². The van der Waals surface area contributed by atoms with Crippen molar-refractivity contribution in [2.45, 2.75) is 470 Å². The van der Waals surface area contributed by atoms with Crippen molar-refractivity contribution in [3.8, 4) is 0 Å². The van der Waals surface area contributed by atoms with Gasteiger partial charge >= 0.3 is 39.5 Å². The Balaban J connectivity index is 5.21. The van der Waals surface area contributed by atoms with E-state index in [1.54, 1.807) is 0 Å². The number of esters is 4. The Morgan fingerprint density at radius 2 is 0.447 bits per heavy atom. The predicted molar refractivity (Wildman–Crippen MR) is 423 cm³/mol. The van der Waals surface area contributed by atoms with Crippen LogP contribution in [0.1, 0.15) is 452 Å². The lowest BCUT2D eigenvalue weighted by Crippen LogP contribution is -2.30. The number of carbonyl (C=O) groups is 4. The summed E-state index contributed by atoms with van der Waals surface area (Å²) >= 11 is 0. The standard InChI is InChI=1S/C84H164O17P2/c1-6-9-12-15-18-21-24-26-28-29-30-31-32-33-34-35-41-45-50-55-60-65-70-84(89)101-80(74-95-82(87)68-63-58-53-48-43-40-37-36-38-42-46-51-56-61-66-77(4)5)76-99-103(92,93)97-72-78(85)71-96-102(90,91)98-75-79(73-94-81(86)67-62-57-52-47-23-20-17-14-11-8-3)100-83(88)69-64-59-54-49-44-39-27-25-22-19-16-13-10-7-2/h77-80,85H,6-76H2,1-5H3,(H,90,91)(H,92,93)/t78-,79+,80+/m0/s1. The molecule has 0 radical (unpaired) electrons. The summed E-state index contributed by atoms with van der Waals surface area (Å²) in [6.45, 7) is 7.37. The van der Waals surface area contributed by atoms with Crippen LogP contribution in [0.4, 0.5) is 0 Å². The molecule has 5 atom stereocenters. The number of unbranched alkanes of at least 4 members (excludes halogenated alkanes) is 56. The first-order valence-corrected chi connectivity index (χ1v) is 46.6. The van der Waals surface area contributed by atoms with E-state index in [0.29, 0.717) is 25.7 Å². The molecule has 2 unspecified atom stereocenters. The fraction of sp³-hybridized carbons (Fsp3) is 0.952. The van der Waals surface area contributed by atoms with Crippen molar-refractivity contribution < 1.29 is 80.2 Å². The van der Waals surface area contributed by atoms with Crippen LogP contribution in [-0.4, -0.2) is 96.7 Å². The summed E-state index contributed by atoms with van der Waals surface area (Å²) in [5.74, 6) is -1.30. The second-order valence-electron chi connectivity index (χ2n) is 30.7. The summed E-state index contributed by atoms with van der Waals surface area (Å²) in [6.07, 6.45) is 69.4. The average molecular weight is 1510 g/mol. The monoisotopic (exact) mass is 1510 g/mol. The highest BCUT2D eigenvalue weighted by molar-refractivity contribution is 7.47. The van der Waals surface area contributed by atoms with Gasteiger partial charge in [0.2, 0.25) is 0 Å². The van der Waals surface area contributed by atoms with E-state index in [9.17, 15) is 43.2 Å². The van der Waals surface area contributed by atoms with Gasteiger partial charge in [-0.15, -0.1) is 0 Å². The normalized spacial score (nSPS) is 13.8. The maximum atomic E-state index is 13.1. The predicted octanol–water partition coefficient (Wildman–Crippen LogP) is 25.6. The topological polar surface area (TPSA) is 237 Å². The van der Waals surface area contributed by atoms with Gasteiger partial charge in [0.15, 0.2) is 12.2 Å². The third-order valence-corrected chi connectivity index (χ3v) is 21.7. The highest BCUT2D eigenvalue weighted by atomic mass is 31.2. The Bertz CT molecular complexity index is 1960. The van der Waals surface area contributed by atoms with Gasteiger partial charge in [-0.1, -0.05) is 401 Å². The summed E-state index contributed by atoms with van der Waals surface area (Å²) in [7, 11) is -9.92. The number of carbonyl (C=O) groups excluding carboxylic acids is 4. The van der Waals surface area contributed by atoms with Crippen LogP contribution in [0.3, 0.4) is 0 Å². The fourth-order valence-corrected chi connectivity index (χ4v) is 14.7. The SMILES string of the molecule is CCCCCCCCCCCCCCCCCCCCCCCCC(=O)O[C@H](COC(=O)CCCCCCCCCCCCCCCCC(C)C)COP(=O)(O)OC[C@@H](O)COP(=O)(O)OC[C@@H](COC(=O)CCCCCCCCCCCC)OC(=O)CCCCCCCCCCCCCCCC. The van der Waals surface area contributed by atoms with Crippen LogP contribution in [0, 0.1) is 5.92 Å². The molecule has 0 heterocycles. The maximum Gasteiger partial charge on any atom is 0.472 e. The van der Waals surface area contributed by atoms with Crippen LogP contribution in [0.2, 0.25) is 0 Å². The number of hydrogen-bond acceptors (Lipinski definition) is 15. The van der Waals surface area contributed by atoms with Crippen LogP contribution < -0.4 is 0 Å². The van der Waals surface area contributed by atoms with Gasteiger partial charge in [0.25, 0.3) is 0 Å². The van der Waals surface area contributed by atoms with Gasteiger partial charge in [0, 0.05) is 25.7 Å². The zero-order valence-corrected chi connectivity index (χ0v) is 69.3. The van der Waals surface area contributed by atoms with Crippen molar-refractivity contribution in [2.75, 3.05) is 39.6 Å². The Kier molecular flexibility index (Phi) is 75.4. The molecule has 0 aliphatic carbocycles. The van der Waals surface area contributed by atoms with Gasteiger partial charge in [-0.2, -0.15) is 0 Å². The molecule has 0 aromatic heterocycles. The molecule has 103 heavy (non-hydrogen) atoms. The molecule has 0 fully saturated rings. The molecular formula is C84H164O17P2. The first-order chi connectivity index (χ1) is 50.0. The number of hydrogen-bond donors (Lipinski definition) is 3. The molecule has 3 N–H and O–H groups in total. The molecule has 0 aliphatic heterocycles. The van der Waals surface area contributed by atoms with Crippen molar-refractivity contribution in [2.24, 2.45) is 5.92 Å². The van der Waals surface area contributed by atoms with E-state index in [1.807, 2.05) is 0 Å². The van der Waals surface area contributed by atoms with Gasteiger partial charge in [0.05, 0.1) is 26.4 Å². The maximum absolute atomic E-state index is 13.1. The lowest BCUT2D eigenvalue weighted by atomic mass is 10.0. The molecule has 612 valence electrons. The smallest absolute Gasteiger partial charge is 0.462 e. The minimum absolute atomic E-state index is 0.108. The van der Waals surface area contributed by atoms with Crippen LogP contribution >= 0.6 is 15.6 Å². The van der Waals surface area contributed by atoms with Crippen LogP contribution in [-0.2, 0) is 65.4 Å². The van der Waals surface area contributed by atoms with Crippen LogP contribution in [0.25, 0.3) is 0 Å². The van der Waals surface area contributed by atoms with Crippen LogP contribution in [0.15, 0.2) is 0 Å². The first-order valence-electron chi connectivity index (χ1n) is 43.6. The van der Waals surface area contributed by atoms with Crippen molar-refractivity contribution in [1.82, 2.24) is 0 Å². The van der Waals surface area contributed by atoms with E-state index in [2.05, 4.69) is 34.6 Å². The summed E-state index contributed by atoms with van der Waals surface area (Å²) in [5.41, 5.74) is 0. The third kappa shape index (κ3) is 78.0. The van der Waals surface area contributed by atoms with Crippen LogP contribution in [0.5, 0.6) is 0 Å². The quantitative estimate of drug-likeness (QED) is 0.0222. The highest BCUT2D eigenvalue weighted by Gasteiger charge is 2.30. The van der Waals surface area contributed by atoms with E-state index < -0.39 is 97.5 Å². The average Bonchev–Trinajstić information content (AvgIpc) is 0.915. The number of ether oxygens (including phenoxy) is 4.